The molecule has 3 aromatic rings. The summed E-state index contributed by atoms with van der Waals surface area (Å²) in [5.41, 5.74) is 1.79. The van der Waals surface area contributed by atoms with Crippen LogP contribution in [0.5, 0.6) is 0 Å². The van der Waals surface area contributed by atoms with Gasteiger partial charge >= 0.3 is 0 Å². The van der Waals surface area contributed by atoms with Crippen LogP contribution in [0.3, 0.4) is 0 Å². The fourth-order valence-electron chi connectivity index (χ4n) is 2.84. The zero-order valence-electron chi connectivity index (χ0n) is 16.5. The van der Waals surface area contributed by atoms with Gasteiger partial charge in [-0.15, -0.1) is 0 Å². The minimum Gasteiger partial charge on any atom is -0.324 e. The molecule has 0 heterocycles. The Hall–Kier alpha value is -2.09. The quantitative estimate of drug-likeness (QED) is 0.449. The van der Waals surface area contributed by atoms with Crippen molar-refractivity contribution in [1.29, 1.82) is 0 Å². The number of anilines is 1. The lowest BCUT2D eigenvalue weighted by atomic mass is 10.2. The van der Waals surface area contributed by atoms with Gasteiger partial charge in [-0.2, -0.15) is 4.31 Å². The Morgan fingerprint density at radius 3 is 2.29 bits per heavy atom. The molecule has 162 valence electrons. The van der Waals surface area contributed by atoms with E-state index in [2.05, 4.69) is 5.32 Å². The maximum Gasteiger partial charge on any atom is 0.243 e. The van der Waals surface area contributed by atoms with Gasteiger partial charge in [-0.05, 0) is 48.9 Å². The maximum atomic E-state index is 13.3. The molecule has 9 heteroatoms. The highest BCUT2D eigenvalue weighted by Gasteiger charge is 2.27. The van der Waals surface area contributed by atoms with Crippen molar-refractivity contribution in [3.05, 3.63) is 92.9 Å². The topological polar surface area (TPSA) is 66.5 Å². The molecule has 0 unspecified atom stereocenters. The molecule has 0 bridgehead atoms. The Labute approximate surface area is 196 Å². The van der Waals surface area contributed by atoms with E-state index >= 15 is 0 Å². The Bertz CT molecular complexity index is 1200. The van der Waals surface area contributed by atoms with Crippen LogP contribution >= 0.6 is 34.8 Å². The van der Waals surface area contributed by atoms with Crippen LogP contribution in [0.25, 0.3) is 0 Å². The van der Waals surface area contributed by atoms with Gasteiger partial charge in [0.05, 0.1) is 22.2 Å². The van der Waals surface area contributed by atoms with Crippen molar-refractivity contribution < 1.29 is 13.2 Å². The number of amides is 1. The summed E-state index contributed by atoms with van der Waals surface area (Å²) in [6.07, 6.45) is 0. The molecule has 1 amide bonds. The molecule has 3 aromatic carbocycles. The third-order valence-electron chi connectivity index (χ3n) is 4.49. The molecule has 0 aromatic heterocycles. The van der Waals surface area contributed by atoms with E-state index in [0.717, 1.165) is 9.87 Å². The number of benzene rings is 3. The number of carbonyl (C=O) groups excluding carboxylic acids is 1. The van der Waals surface area contributed by atoms with Gasteiger partial charge in [-0.3, -0.25) is 4.79 Å². The van der Waals surface area contributed by atoms with Gasteiger partial charge in [0.25, 0.3) is 0 Å². The Morgan fingerprint density at radius 1 is 0.935 bits per heavy atom. The molecule has 0 saturated heterocycles. The lowest BCUT2D eigenvalue weighted by molar-refractivity contribution is -0.116. The van der Waals surface area contributed by atoms with Crippen LogP contribution in [-0.2, 0) is 21.4 Å². The van der Waals surface area contributed by atoms with Gasteiger partial charge in [0, 0.05) is 16.6 Å². The molecule has 0 spiro atoms. The molecular formula is C22H19Cl3N2O3S. The van der Waals surface area contributed by atoms with Crippen molar-refractivity contribution >= 4 is 56.4 Å². The van der Waals surface area contributed by atoms with Gasteiger partial charge in [0.2, 0.25) is 15.9 Å². The molecule has 0 radical (unpaired) electrons. The minimum atomic E-state index is -3.98. The Morgan fingerprint density at radius 2 is 1.61 bits per heavy atom. The largest absolute Gasteiger partial charge is 0.324 e. The fraction of sp³-hybridized carbons (Fsp3) is 0.136. The van der Waals surface area contributed by atoms with Crippen LogP contribution in [0.2, 0.25) is 15.1 Å². The van der Waals surface area contributed by atoms with E-state index in [1.54, 1.807) is 48.5 Å². The number of nitrogens with one attached hydrogen (secondary N) is 1. The lowest BCUT2D eigenvalue weighted by Gasteiger charge is -2.23. The third kappa shape index (κ3) is 5.99. The summed E-state index contributed by atoms with van der Waals surface area (Å²) < 4.78 is 27.7. The van der Waals surface area contributed by atoms with Gasteiger partial charge in [0.15, 0.2) is 0 Å². The maximum absolute atomic E-state index is 13.3. The molecule has 0 aliphatic heterocycles. The highest BCUT2D eigenvalue weighted by molar-refractivity contribution is 7.89. The summed E-state index contributed by atoms with van der Waals surface area (Å²) in [4.78, 5) is 12.8. The van der Waals surface area contributed by atoms with Crippen LogP contribution in [0.4, 0.5) is 5.69 Å². The standard InChI is InChI=1S/C22H19Cl3N2O3S/c1-15-6-9-18(10-7-15)31(29,30)27(13-16-4-2-3-5-19(16)24)14-22(28)26-21-12-17(23)8-11-20(21)25/h2-12H,13-14H2,1H3,(H,26,28). The Kier molecular flexibility index (Phi) is 7.62. The number of carbonyl (C=O) groups is 1. The molecule has 0 saturated carbocycles. The van der Waals surface area contributed by atoms with Crippen molar-refractivity contribution in [3.8, 4) is 0 Å². The van der Waals surface area contributed by atoms with Crippen molar-refractivity contribution in [2.75, 3.05) is 11.9 Å². The van der Waals surface area contributed by atoms with Crippen LogP contribution in [0.15, 0.2) is 71.6 Å². The molecule has 5 nitrogen and oxygen atoms in total. The first-order valence-corrected chi connectivity index (χ1v) is 11.8. The summed E-state index contributed by atoms with van der Waals surface area (Å²) >= 11 is 18.3. The molecule has 31 heavy (non-hydrogen) atoms. The minimum absolute atomic E-state index is 0.0768. The van der Waals surface area contributed by atoms with E-state index < -0.39 is 22.5 Å². The van der Waals surface area contributed by atoms with Gasteiger partial charge < -0.3 is 5.32 Å². The average Bonchev–Trinajstić information content (AvgIpc) is 2.72. The lowest BCUT2D eigenvalue weighted by Crippen LogP contribution is -2.37. The van der Waals surface area contributed by atoms with E-state index in [0.29, 0.717) is 21.3 Å². The summed E-state index contributed by atoms with van der Waals surface area (Å²) in [5.74, 6) is -0.563. The van der Waals surface area contributed by atoms with Gasteiger partial charge in [0.1, 0.15) is 0 Å². The predicted molar refractivity (Wildman–Crippen MR) is 125 cm³/mol. The average molecular weight is 498 g/mol. The highest BCUT2D eigenvalue weighted by Crippen LogP contribution is 2.26. The monoisotopic (exact) mass is 496 g/mol. The number of hydrogen-bond acceptors (Lipinski definition) is 3. The van der Waals surface area contributed by atoms with Crippen molar-refractivity contribution in [1.82, 2.24) is 4.31 Å². The molecule has 0 fully saturated rings. The van der Waals surface area contributed by atoms with Crippen LogP contribution in [0, 0.1) is 6.92 Å². The molecule has 0 aliphatic rings. The van der Waals surface area contributed by atoms with Crippen molar-refractivity contribution in [2.24, 2.45) is 0 Å². The number of aryl methyl sites for hydroxylation is 1. The summed E-state index contributed by atoms with van der Waals surface area (Å²) in [7, 11) is -3.98. The first-order valence-electron chi connectivity index (χ1n) is 9.22. The second-order valence-corrected chi connectivity index (χ2v) is 10.0. The Balaban J connectivity index is 1.91. The first kappa shape index (κ1) is 23.6. The zero-order chi connectivity index (χ0) is 22.6. The van der Waals surface area contributed by atoms with Gasteiger partial charge in [-0.1, -0.05) is 70.7 Å². The molecule has 3 rings (SSSR count). The number of sulfonamides is 1. The zero-order valence-corrected chi connectivity index (χ0v) is 19.6. The number of nitrogens with zero attached hydrogens (tertiary/aromatic N) is 1. The van der Waals surface area contributed by atoms with E-state index in [-0.39, 0.29) is 16.5 Å². The molecular weight excluding hydrogens is 479 g/mol. The first-order chi connectivity index (χ1) is 14.7. The molecule has 1 N–H and O–H groups in total. The van der Waals surface area contributed by atoms with E-state index in [4.69, 9.17) is 34.8 Å². The normalized spacial score (nSPS) is 11.5. The second kappa shape index (κ2) is 10.0. The van der Waals surface area contributed by atoms with Crippen LogP contribution in [-0.4, -0.2) is 25.2 Å². The third-order valence-corrected chi connectivity index (χ3v) is 7.23. The summed E-state index contributed by atoms with van der Waals surface area (Å²) in [6.45, 7) is 1.34. The summed E-state index contributed by atoms with van der Waals surface area (Å²) in [6, 6.07) is 17.9. The van der Waals surface area contributed by atoms with Crippen LogP contribution in [0.1, 0.15) is 11.1 Å². The fourth-order valence-corrected chi connectivity index (χ4v) is 4.75. The number of rotatable bonds is 7. The highest BCUT2D eigenvalue weighted by atomic mass is 35.5. The predicted octanol–water partition coefficient (Wildman–Crippen LogP) is 5.78. The van der Waals surface area contributed by atoms with Crippen molar-refractivity contribution in [3.63, 3.8) is 0 Å². The SMILES string of the molecule is Cc1ccc(S(=O)(=O)N(CC(=O)Nc2cc(Cl)ccc2Cl)Cc2ccccc2Cl)cc1. The summed E-state index contributed by atoms with van der Waals surface area (Å²) in [5, 5.41) is 3.70. The number of halogens is 3. The van der Waals surface area contributed by atoms with Gasteiger partial charge in [-0.25, -0.2) is 8.42 Å². The molecule has 0 aliphatic carbocycles. The molecule has 0 atom stereocenters. The number of hydrogen-bond donors (Lipinski definition) is 1. The van der Waals surface area contributed by atoms with Crippen LogP contribution < -0.4 is 5.32 Å². The van der Waals surface area contributed by atoms with E-state index in [1.165, 1.54) is 18.2 Å². The van der Waals surface area contributed by atoms with Crippen molar-refractivity contribution in [2.45, 2.75) is 18.4 Å². The smallest absolute Gasteiger partial charge is 0.243 e. The van der Waals surface area contributed by atoms with E-state index in [1.807, 2.05) is 6.92 Å². The van der Waals surface area contributed by atoms with E-state index in [9.17, 15) is 13.2 Å². The second-order valence-electron chi connectivity index (χ2n) is 6.85.